The van der Waals surface area contributed by atoms with Crippen LogP contribution in [0.15, 0.2) is 41.4 Å². The van der Waals surface area contributed by atoms with Crippen molar-refractivity contribution >= 4 is 34.1 Å². The van der Waals surface area contributed by atoms with E-state index >= 15 is 0 Å². The van der Waals surface area contributed by atoms with Crippen LogP contribution in [-0.2, 0) is 9.53 Å². The van der Waals surface area contributed by atoms with E-state index in [-0.39, 0.29) is 12.5 Å². The molecule has 0 spiro atoms. The van der Waals surface area contributed by atoms with E-state index in [2.05, 4.69) is 4.99 Å². The Bertz CT molecular complexity index is 686. The Kier molecular flexibility index (Phi) is 1.47. The average Bonchev–Trinajstić information content (AvgIpc) is 2.72. The fourth-order valence-corrected chi connectivity index (χ4v) is 2.37. The van der Waals surface area contributed by atoms with Gasteiger partial charge in [0, 0.05) is 5.39 Å². The highest BCUT2D eigenvalue weighted by atomic mass is 16.5. The van der Waals surface area contributed by atoms with Crippen LogP contribution in [0.4, 0.5) is 11.4 Å². The van der Waals surface area contributed by atoms with Gasteiger partial charge in [0.15, 0.2) is 6.61 Å². The lowest BCUT2D eigenvalue weighted by Crippen LogP contribution is -2.31. The topological polar surface area (TPSA) is 41.9 Å². The molecule has 4 heteroatoms. The summed E-state index contributed by atoms with van der Waals surface area (Å²) in [4.78, 5) is 17.7. The molecule has 0 saturated carbocycles. The highest BCUT2D eigenvalue weighted by Gasteiger charge is 2.34. The van der Waals surface area contributed by atoms with Gasteiger partial charge in [-0.3, -0.25) is 4.79 Å². The number of benzene rings is 2. The van der Waals surface area contributed by atoms with Gasteiger partial charge in [-0.1, -0.05) is 24.3 Å². The number of aliphatic imine (C=N–C) groups is 1. The first-order valence-electron chi connectivity index (χ1n) is 5.41. The number of carbonyl (C=O) groups excluding carboxylic acids is 1. The lowest BCUT2D eigenvalue weighted by atomic mass is 10.1. The third-order valence-electron chi connectivity index (χ3n) is 3.08. The molecule has 0 radical (unpaired) electrons. The minimum absolute atomic E-state index is 0.0641. The van der Waals surface area contributed by atoms with E-state index in [4.69, 9.17) is 4.74 Å². The van der Waals surface area contributed by atoms with Gasteiger partial charge in [-0.2, -0.15) is 4.99 Å². The Hall–Kier alpha value is -2.36. The van der Waals surface area contributed by atoms with E-state index in [1.54, 1.807) is 4.90 Å². The summed E-state index contributed by atoms with van der Waals surface area (Å²) in [5.74, 6) is -0.0641. The Morgan fingerprint density at radius 1 is 1.18 bits per heavy atom. The zero-order chi connectivity index (χ0) is 11.4. The number of carbonyl (C=O) groups is 1. The number of amidine groups is 1. The van der Waals surface area contributed by atoms with E-state index in [1.165, 1.54) is 0 Å². The Morgan fingerprint density at radius 3 is 2.88 bits per heavy atom. The number of ether oxygens (including phenoxy) is 1. The SMILES string of the molecule is O=C1COC2=Nc3cccc4cccc(c34)N12. The standard InChI is InChI=1S/C13H8N2O2/c16-11-7-17-13-14-9-5-1-3-8-4-2-6-10(12(8)9)15(11)13/h1-6H,7H2. The molecule has 82 valence electrons. The van der Waals surface area contributed by atoms with Gasteiger partial charge in [-0.05, 0) is 17.5 Å². The fourth-order valence-electron chi connectivity index (χ4n) is 2.37. The number of rotatable bonds is 0. The quantitative estimate of drug-likeness (QED) is 0.688. The number of anilines is 1. The fraction of sp³-hybridized carbons (Fsp3) is 0.0769. The molecule has 17 heavy (non-hydrogen) atoms. The molecule has 0 unspecified atom stereocenters. The first-order chi connectivity index (χ1) is 8.34. The normalized spacial score (nSPS) is 16.8. The lowest BCUT2D eigenvalue weighted by Gasteiger charge is -2.21. The molecule has 0 aromatic heterocycles. The van der Waals surface area contributed by atoms with Crippen LogP contribution in [0, 0.1) is 0 Å². The van der Waals surface area contributed by atoms with Crippen molar-refractivity contribution < 1.29 is 9.53 Å². The molecule has 2 aromatic carbocycles. The predicted molar refractivity (Wildman–Crippen MR) is 64.5 cm³/mol. The summed E-state index contributed by atoms with van der Waals surface area (Å²) in [6.45, 7) is 0.0726. The molecule has 0 atom stereocenters. The zero-order valence-electron chi connectivity index (χ0n) is 8.88. The van der Waals surface area contributed by atoms with E-state index in [0.29, 0.717) is 6.02 Å². The molecule has 2 aliphatic heterocycles. The molecular weight excluding hydrogens is 216 g/mol. The molecule has 4 rings (SSSR count). The molecule has 2 aromatic rings. The maximum atomic E-state index is 11.8. The van der Waals surface area contributed by atoms with E-state index < -0.39 is 0 Å². The smallest absolute Gasteiger partial charge is 0.304 e. The molecule has 0 N–H and O–H groups in total. The Balaban J connectivity index is 2.16. The van der Waals surface area contributed by atoms with Crippen molar-refractivity contribution in [2.75, 3.05) is 11.5 Å². The van der Waals surface area contributed by atoms with E-state index in [9.17, 15) is 4.79 Å². The van der Waals surface area contributed by atoms with Gasteiger partial charge in [-0.25, -0.2) is 4.90 Å². The van der Waals surface area contributed by atoms with Crippen molar-refractivity contribution in [3.63, 3.8) is 0 Å². The average molecular weight is 224 g/mol. The molecule has 2 heterocycles. The second-order valence-electron chi connectivity index (χ2n) is 4.06. The predicted octanol–water partition coefficient (Wildman–Crippen LogP) is 2.20. The summed E-state index contributed by atoms with van der Waals surface area (Å²) in [5.41, 5.74) is 1.73. The van der Waals surface area contributed by atoms with Crippen LogP contribution >= 0.6 is 0 Å². The summed E-state index contributed by atoms with van der Waals surface area (Å²) in [6, 6.07) is 12.2. The van der Waals surface area contributed by atoms with Crippen molar-refractivity contribution in [1.82, 2.24) is 0 Å². The molecule has 0 aliphatic carbocycles. The van der Waals surface area contributed by atoms with Gasteiger partial charge >= 0.3 is 6.02 Å². The van der Waals surface area contributed by atoms with Crippen LogP contribution in [0.25, 0.3) is 10.8 Å². The number of nitrogens with zero attached hydrogens (tertiary/aromatic N) is 2. The van der Waals surface area contributed by atoms with Crippen molar-refractivity contribution in [3.8, 4) is 0 Å². The molecule has 2 aliphatic rings. The third kappa shape index (κ3) is 1.02. The zero-order valence-corrected chi connectivity index (χ0v) is 8.88. The van der Waals surface area contributed by atoms with Crippen LogP contribution in [0.3, 0.4) is 0 Å². The highest BCUT2D eigenvalue weighted by Crippen LogP contribution is 2.39. The second-order valence-corrected chi connectivity index (χ2v) is 4.06. The number of fused-ring (bicyclic) bond motifs is 2. The van der Waals surface area contributed by atoms with Crippen LogP contribution in [0.2, 0.25) is 0 Å². The first kappa shape index (κ1) is 8.75. The number of hydrogen-bond acceptors (Lipinski definition) is 3. The number of amides is 1. The highest BCUT2D eigenvalue weighted by molar-refractivity contribution is 6.26. The lowest BCUT2D eigenvalue weighted by molar-refractivity contribution is -0.117. The minimum atomic E-state index is -0.0641. The second kappa shape index (κ2) is 2.85. The van der Waals surface area contributed by atoms with Gasteiger partial charge in [0.1, 0.15) is 0 Å². The Morgan fingerprint density at radius 2 is 2.00 bits per heavy atom. The van der Waals surface area contributed by atoms with E-state index in [0.717, 1.165) is 22.1 Å². The van der Waals surface area contributed by atoms with Gasteiger partial charge < -0.3 is 4.74 Å². The molecule has 1 fully saturated rings. The molecule has 0 bridgehead atoms. The summed E-state index contributed by atoms with van der Waals surface area (Å²) in [7, 11) is 0. The van der Waals surface area contributed by atoms with Gasteiger partial charge in [-0.15, -0.1) is 0 Å². The molecule has 1 saturated heterocycles. The van der Waals surface area contributed by atoms with Crippen LogP contribution in [0.1, 0.15) is 0 Å². The summed E-state index contributed by atoms with van der Waals surface area (Å²) >= 11 is 0. The largest absolute Gasteiger partial charge is 0.454 e. The summed E-state index contributed by atoms with van der Waals surface area (Å²) in [5, 5.41) is 2.10. The van der Waals surface area contributed by atoms with Crippen molar-refractivity contribution in [2.24, 2.45) is 4.99 Å². The van der Waals surface area contributed by atoms with E-state index in [1.807, 2.05) is 36.4 Å². The van der Waals surface area contributed by atoms with Crippen LogP contribution in [-0.4, -0.2) is 18.5 Å². The number of hydrogen-bond donors (Lipinski definition) is 0. The van der Waals surface area contributed by atoms with Crippen molar-refractivity contribution in [3.05, 3.63) is 36.4 Å². The maximum absolute atomic E-state index is 11.8. The molecule has 1 amide bonds. The molecule has 4 nitrogen and oxygen atoms in total. The van der Waals surface area contributed by atoms with Gasteiger partial charge in [0.2, 0.25) is 0 Å². The Labute approximate surface area is 97.1 Å². The summed E-state index contributed by atoms with van der Waals surface area (Å²) in [6.07, 6.45) is 0. The van der Waals surface area contributed by atoms with Gasteiger partial charge in [0.25, 0.3) is 5.91 Å². The minimum Gasteiger partial charge on any atom is -0.454 e. The monoisotopic (exact) mass is 224 g/mol. The van der Waals surface area contributed by atoms with Crippen molar-refractivity contribution in [2.45, 2.75) is 0 Å². The molecular formula is C13H8N2O2. The first-order valence-corrected chi connectivity index (χ1v) is 5.41. The summed E-state index contributed by atoms with van der Waals surface area (Å²) < 4.78 is 5.28. The van der Waals surface area contributed by atoms with Crippen molar-refractivity contribution in [1.29, 1.82) is 0 Å². The van der Waals surface area contributed by atoms with Crippen LogP contribution in [0.5, 0.6) is 0 Å². The maximum Gasteiger partial charge on any atom is 0.304 e. The van der Waals surface area contributed by atoms with Gasteiger partial charge in [0.05, 0.1) is 11.4 Å². The van der Waals surface area contributed by atoms with Crippen LogP contribution < -0.4 is 4.90 Å². The third-order valence-corrected chi connectivity index (χ3v) is 3.08.